The van der Waals surface area contributed by atoms with Gasteiger partial charge >= 0.3 is 5.97 Å². The predicted molar refractivity (Wildman–Crippen MR) is 112 cm³/mol. The number of ether oxygens (including phenoxy) is 2. The van der Waals surface area contributed by atoms with Crippen LogP contribution in [0.15, 0.2) is 83.3 Å². The Morgan fingerprint density at radius 1 is 0.833 bits per heavy atom. The zero-order valence-corrected chi connectivity index (χ0v) is 16.6. The lowest BCUT2D eigenvalue weighted by Crippen LogP contribution is -2.09. The van der Waals surface area contributed by atoms with Crippen LogP contribution in [0.2, 0.25) is 0 Å². The molecule has 0 radical (unpaired) electrons. The molecule has 1 aromatic heterocycles. The molecular weight excluding hydrogens is 380 g/mol. The van der Waals surface area contributed by atoms with Crippen molar-refractivity contribution in [3.8, 4) is 28.3 Å². The van der Waals surface area contributed by atoms with Crippen LogP contribution in [0.3, 0.4) is 0 Å². The first-order valence-corrected chi connectivity index (χ1v) is 9.48. The van der Waals surface area contributed by atoms with E-state index in [1.165, 1.54) is 0 Å². The van der Waals surface area contributed by atoms with Crippen LogP contribution in [0, 0.1) is 0 Å². The molecule has 1 atom stereocenters. The van der Waals surface area contributed by atoms with Gasteiger partial charge < -0.3 is 13.9 Å². The van der Waals surface area contributed by atoms with Gasteiger partial charge in [-0.25, -0.2) is 4.79 Å². The van der Waals surface area contributed by atoms with Crippen LogP contribution >= 0.6 is 0 Å². The van der Waals surface area contributed by atoms with E-state index >= 15 is 0 Å². The third-order valence-corrected chi connectivity index (χ3v) is 4.64. The van der Waals surface area contributed by atoms with Crippen molar-refractivity contribution in [2.24, 2.45) is 0 Å². The number of nitrogens with zero attached hydrogens (tertiary/aromatic N) is 2. The van der Waals surface area contributed by atoms with Crippen LogP contribution in [0.5, 0.6) is 5.75 Å². The van der Waals surface area contributed by atoms with Gasteiger partial charge in [-0.2, -0.15) is 0 Å². The molecule has 4 aromatic rings. The number of aromatic nitrogens is 2. The molecule has 150 valence electrons. The Morgan fingerprint density at radius 2 is 1.47 bits per heavy atom. The summed E-state index contributed by atoms with van der Waals surface area (Å²) in [6.45, 7) is 1.70. The molecule has 0 bridgehead atoms. The standard InChI is InChI=1S/C24H20N2O4/c1-16(22-25-26-23(30-22)19-12-14-21(28-2)15-13-19)29-24(27)20-10-8-18(9-11-20)17-6-4-3-5-7-17/h3-16H,1-2H3/t16-/m0/s1. The van der Waals surface area contributed by atoms with Gasteiger partial charge in [-0.3, -0.25) is 0 Å². The molecule has 1 heterocycles. The van der Waals surface area contributed by atoms with Gasteiger partial charge in [0, 0.05) is 5.56 Å². The summed E-state index contributed by atoms with van der Waals surface area (Å²) < 4.78 is 16.3. The van der Waals surface area contributed by atoms with Crippen LogP contribution in [-0.2, 0) is 4.74 Å². The average molecular weight is 400 g/mol. The molecule has 30 heavy (non-hydrogen) atoms. The highest BCUT2D eigenvalue weighted by atomic mass is 16.6. The molecule has 0 saturated carbocycles. The highest BCUT2D eigenvalue weighted by Gasteiger charge is 2.20. The maximum absolute atomic E-state index is 12.5. The molecule has 0 saturated heterocycles. The van der Waals surface area contributed by atoms with Crippen LogP contribution in [0.1, 0.15) is 29.3 Å². The molecule has 4 rings (SSSR count). The highest BCUT2D eigenvalue weighted by Crippen LogP contribution is 2.25. The number of rotatable bonds is 6. The first-order chi connectivity index (χ1) is 14.6. The van der Waals surface area contributed by atoms with Crippen molar-refractivity contribution < 1.29 is 18.7 Å². The van der Waals surface area contributed by atoms with E-state index in [9.17, 15) is 4.79 Å². The SMILES string of the molecule is COc1ccc(-c2nnc([C@H](C)OC(=O)c3ccc(-c4ccccc4)cc3)o2)cc1. The minimum atomic E-state index is -0.675. The number of benzene rings is 3. The van der Waals surface area contributed by atoms with Gasteiger partial charge in [-0.05, 0) is 54.4 Å². The van der Waals surface area contributed by atoms with E-state index in [4.69, 9.17) is 13.9 Å². The van der Waals surface area contributed by atoms with Crippen LogP contribution < -0.4 is 4.74 Å². The quantitative estimate of drug-likeness (QED) is 0.407. The topological polar surface area (TPSA) is 74.5 Å². The number of hydrogen-bond donors (Lipinski definition) is 0. The van der Waals surface area contributed by atoms with Crippen molar-refractivity contribution in [3.63, 3.8) is 0 Å². The normalized spacial score (nSPS) is 11.7. The zero-order valence-electron chi connectivity index (χ0n) is 16.6. The molecule has 6 heteroatoms. The van der Waals surface area contributed by atoms with Gasteiger partial charge in [0.05, 0.1) is 12.7 Å². The van der Waals surface area contributed by atoms with Gasteiger partial charge in [-0.15, -0.1) is 10.2 Å². The third kappa shape index (κ3) is 4.22. The number of carbonyl (C=O) groups is 1. The molecule has 6 nitrogen and oxygen atoms in total. The molecule has 0 amide bonds. The number of esters is 1. The number of hydrogen-bond acceptors (Lipinski definition) is 6. The Labute approximate surface area is 174 Å². The summed E-state index contributed by atoms with van der Waals surface area (Å²) in [5, 5.41) is 8.05. The van der Waals surface area contributed by atoms with Gasteiger partial charge in [-0.1, -0.05) is 42.5 Å². The Balaban J connectivity index is 1.43. The number of methoxy groups -OCH3 is 1. The fourth-order valence-electron chi connectivity index (χ4n) is 2.96. The smallest absolute Gasteiger partial charge is 0.338 e. The molecule has 0 aliphatic carbocycles. The van der Waals surface area contributed by atoms with E-state index in [1.807, 2.05) is 66.7 Å². The van der Waals surface area contributed by atoms with E-state index in [1.54, 1.807) is 26.2 Å². The van der Waals surface area contributed by atoms with Crippen LogP contribution in [0.25, 0.3) is 22.6 Å². The summed E-state index contributed by atoms with van der Waals surface area (Å²) in [6.07, 6.45) is -0.675. The number of carbonyl (C=O) groups excluding carboxylic acids is 1. The van der Waals surface area contributed by atoms with Crippen LogP contribution in [0.4, 0.5) is 0 Å². The summed E-state index contributed by atoms with van der Waals surface area (Å²) in [7, 11) is 1.60. The Morgan fingerprint density at radius 3 is 2.13 bits per heavy atom. The largest absolute Gasteiger partial charge is 0.497 e. The van der Waals surface area contributed by atoms with Crippen molar-refractivity contribution in [3.05, 3.63) is 90.3 Å². The molecule has 0 fully saturated rings. The first kappa shape index (κ1) is 19.4. The average Bonchev–Trinajstić information content (AvgIpc) is 3.30. The Kier molecular flexibility index (Phi) is 5.57. The Bertz CT molecular complexity index is 1120. The maximum Gasteiger partial charge on any atom is 0.338 e. The van der Waals surface area contributed by atoms with E-state index in [0.29, 0.717) is 11.5 Å². The lowest BCUT2D eigenvalue weighted by molar-refractivity contribution is 0.0280. The molecule has 0 spiro atoms. The zero-order chi connectivity index (χ0) is 20.9. The monoisotopic (exact) mass is 400 g/mol. The molecule has 0 N–H and O–H groups in total. The minimum Gasteiger partial charge on any atom is -0.497 e. The fraction of sp³-hybridized carbons (Fsp3) is 0.125. The summed E-state index contributed by atoms with van der Waals surface area (Å²) >= 11 is 0. The van der Waals surface area contributed by atoms with Crippen molar-refractivity contribution in [2.45, 2.75) is 13.0 Å². The van der Waals surface area contributed by atoms with Crippen LogP contribution in [-0.4, -0.2) is 23.3 Å². The third-order valence-electron chi connectivity index (χ3n) is 4.64. The van der Waals surface area contributed by atoms with Gasteiger partial charge in [0.15, 0.2) is 6.10 Å². The van der Waals surface area contributed by atoms with E-state index in [0.717, 1.165) is 22.4 Å². The maximum atomic E-state index is 12.5. The predicted octanol–water partition coefficient (Wildman–Crippen LogP) is 5.33. The molecular formula is C24H20N2O4. The van der Waals surface area contributed by atoms with Crippen molar-refractivity contribution in [2.75, 3.05) is 7.11 Å². The second-order valence-corrected chi connectivity index (χ2v) is 6.66. The highest BCUT2D eigenvalue weighted by molar-refractivity contribution is 5.90. The summed E-state index contributed by atoms with van der Waals surface area (Å²) in [5.41, 5.74) is 3.32. The minimum absolute atomic E-state index is 0.232. The van der Waals surface area contributed by atoms with E-state index < -0.39 is 12.1 Å². The Hall–Kier alpha value is -3.93. The second-order valence-electron chi connectivity index (χ2n) is 6.66. The van der Waals surface area contributed by atoms with Gasteiger partial charge in [0.25, 0.3) is 5.89 Å². The molecule has 0 unspecified atom stereocenters. The molecule has 3 aromatic carbocycles. The molecule has 0 aliphatic rings. The van der Waals surface area contributed by atoms with Gasteiger partial charge in [0.1, 0.15) is 5.75 Å². The summed E-state index contributed by atoms with van der Waals surface area (Å²) in [6, 6.07) is 24.5. The van der Waals surface area contributed by atoms with Crippen molar-refractivity contribution in [1.29, 1.82) is 0 Å². The van der Waals surface area contributed by atoms with E-state index in [-0.39, 0.29) is 5.89 Å². The van der Waals surface area contributed by atoms with Crippen molar-refractivity contribution in [1.82, 2.24) is 10.2 Å². The summed E-state index contributed by atoms with van der Waals surface area (Å²) in [5.74, 6) is 0.864. The van der Waals surface area contributed by atoms with Crippen molar-refractivity contribution >= 4 is 5.97 Å². The summed E-state index contributed by atoms with van der Waals surface area (Å²) in [4.78, 5) is 12.5. The first-order valence-electron chi connectivity index (χ1n) is 9.48. The lowest BCUT2D eigenvalue weighted by Gasteiger charge is -2.10. The van der Waals surface area contributed by atoms with Gasteiger partial charge in [0.2, 0.25) is 5.89 Å². The second kappa shape index (κ2) is 8.61. The van der Waals surface area contributed by atoms with E-state index in [2.05, 4.69) is 10.2 Å². The lowest BCUT2D eigenvalue weighted by atomic mass is 10.0. The molecule has 0 aliphatic heterocycles. The fourth-order valence-corrected chi connectivity index (χ4v) is 2.96.